The molecule has 0 aliphatic carbocycles. The van der Waals surface area contributed by atoms with Gasteiger partial charge in [0.05, 0.1) is 5.69 Å². The lowest BCUT2D eigenvalue weighted by Crippen LogP contribution is -2.39. The minimum Gasteiger partial charge on any atom is -0.351 e. The van der Waals surface area contributed by atoms with E-state index in [9.17, 15) is 9.59 Å². The molecule has 5 heteroatoms. The van der Waals surface area contributed by atoms with Crippen LogP contribution in [0.25, 0.3) is 0 Å². The predicted molar refractivity (Wildman–Crippen MR) is 70.5 cm³/mol. The van der Waals surface area contributed by atoms with Crippen molar-refractivity contribution in [3.8, 4) is 0 Å². The number of nitrogens with one attached hydrogen (secondary N) is 1. The second kappa shape index (κ2) is 4.91. The number of urea groups is 1. The number of primary amides is 1. The maximum Gasteiger partial charge on any atom is 0.319 e. The molecule has 0 aromatic heterocycles. The molecule has 1 aromatic carbocycles. The fourth-order valence-electron chi connectivity index (χ4n) is 2.07. The Labute approximate surface area is 105 Å². The highest BCUT2D eigenvalue weighted by atomic mass is 16.2. The van der Waals surface area contributed by atoms with Crippen LogP contribution < -0.4 is 16.0 Å². The third kappa shape index (κ3) is 2.34. The van der Waals surface area contributed by atoms with Crippen LogP contribution in [0.5, 0.6) is 0 Å². The van der Waals surface area contributed by atoms with Crippen LogP contribution in [0, 0.1) is 0 Å². The van der Waals surface area contributed by atoms with E-state index in [2.05, 4.69) is 11.9 Å². The van der Waals surface area contributed by atoms with Crippen LogP contribution in [0.3, 0.4) is 0 Å². The normalized spacial score (nSPS) is 13.7. The summed E-state index contributed by atoms with van der Waals surface area (Å²) in [5.41, 5.74) is 7.81. The van der Waals surface area contributed by atoms with Gasteiger partial charge in [0.15, 0.2) is 0 Å². The Morgan fingerprint density at radius 1 is 1.44 bits per heavy atom. The summed E-state index contributed by atoms with van der Waals surface area (Å²) in [5, 5.41) is 2.67. The molecule has 0 radical (unpaired) electrons. The minimum absolute atomic E-state index is 0.281. The van der Waals surface area contributed by atoms with Crippen LogP contribution in [-0.2, 0) is 11.2 Å². The minimum atomic E-state index is -0.469. The van der Waals surface area contributed by atoms with Crippen molar-refractivity contribution in [1.29, 1.82) is 0 Å². The average Bonchev–Trinajstić information content (AvgIpc) is 2.37. The number of aryl methyl sites for hydroxylation is 1. The average molecular weight is 245 g/mol. The van der Waals surface area contributed by atoms with Gasteiger partial charge in [-0.1, -0.05) is 12.6 Å². The number of amides is 3. The summed E-state index contributed by atoms with van der Waals surface area (Å²) in [6.07, 6.45) is 3.01. The molecule has 1 aromatic rings. The molecule has 5 nitrogen and oxygen atoms in total. The van der Waals surface area contributed by atoms with E-state index < -0.39 is 6.03 Å². The van der Waals surface area contributed by atoms with Crippen LogP contribution in [0.2, 0.25) is 0 Å². The van der Waals surface area contributed by atoms with Gasteiger partial charge >= 0.3 is 6.03 Å². The number of anilines is 2. The van der Waals surface area contributed by atoms with E-state index in [1.807, 2.05) is 12.1 Å². The topological polar surface area (TPSA) is 75.4 Å². The van der Waals surface area contributed by atoms with E-state index in [1.165, 1.54) is 11.0 Å². The lowest BCUT2D eigenvalue weighted by Gasteiger charge is -2.28. The second-order valence-electron chi connectivity index (χ2n) is 4.13. The Hall–Kier alpha value is -2.30. The van der Waals surface area contributed by atoms with E-state index in [0.29, 0.717) is 12.2 Å². The lowest BCUT2D eigenvalue weighted by molar-refractivity contribution is -0.111. The molecule has 18 heavy (non-hydrogen) atoms. The maximum atomic E-state index is 11.4. The molecule has 3 N–H and O–H groups in total. The van der Waals surface area contributed by atoms with Crippen molar-refractivity contribution in [2.75, 3.05) is 16.8 Å². The molecule has 0 bridgehead atoms. The van der Waals surface area contributed by atoms with Crippen molar-refractivity contribution in [2.24, 2.45) is 5.73 Å². The summed E-state index contributed by atoms with van der Waals surface area (Å²) >= 11 is 0. The van der Waals surface area contributed by atoms with Crippen LogP contribution >= 0.6 is 0 Å². The van der Waals surface area contributed by atoms with Crippen LogP contribution in [0.1, 0.15) is 12.0 Å². The molecule has 1 heterocycles. The highest BCUT2D eigenvalue weighted by Crippen LogP contribution is 2.29. The van der Waals surface area contributed by atoms with Crippen LogP contribution in [-0.4, -0.2) is 18.5 Å². The molecule has 0 saturated carbocycles. The first kappa shape index (κ1) is 12.2. The van der Waals surface area contributed by atoms with Crippen molar-refractivity contribution < 1.29 is 9.59 Å². The third-order valence-electron chi connectivity index (χ3n) is 2.92. The van der Waals surface area contributed by atoms with Gasteiger partial charge in [0.25, 0.3) is 0 Å². The SMILES string of the molecule is C=CC(=O)Nc1ccc2c(c1)N(C(N)=O)CCC2. The fourth-order valence-corrected chi connectivity index (χ4v) is 2.07. The van der Waals surface area contributed by atoms with Crippen molar-refractivity contribution in [3.63, 3.8) is 0 Å². The molecule has 0 unspecified atom stereocenters. The van der Waals surface area contributed by atoms with Gasteiger partial charge in [-0.05, 0) is 36.6 Å². The zero-order chi connectivity index (χ0) is 13.1. The van der Waals surface area contributed by atoms with Gasteiger partial charge in [-0.3, -0.25) is 9.69 Å². The van der Waals surface area contributed by atoms with Crippen molar-refractivity contribution in [1.82, 2.24) is 0 Å². The van der Waals surface area contributed by atoms with E-state index in [4.69, 9.17) is 5.73 Å². The Balaban J connectivity index is 2.33. The first-order valence-corrected chi connectivity index (χ1v) is 5.75. The fraction of sp³-hybridized carbons (Fsp3) is 0.231. The van der Waals surface area contributed by atoms with Crippen molar-refractivity contribution in [3.05, 3.63) is 36.4 Å². The number of rotatable bonds is 2. The second-order valence-corrected chi connectivity index (χ2v) is 4.13. The number of hydrogen-bond acceptors (Lipinski definition) is 2. The molecule has 3 amide bonds. The monoisotopic (exact) mass is 245 g/mol. The molecule has 0 spiro atoms. The zero-order valence-corrected chi connectivity index (χ0v) is 9.98. The number of benzene rings is 1. The summed E-state index contributed by atoms with van der Waals surface area (Å²) in [4.78, 5) is 24.1. The van der Waals surface area contributed by atoms with E-state index in [0.717, 1.165) is 24.1 Å². The molecule has 0 fully saturated rings. The summed E-state index contributed by atoms with van der Waals surface area (Å²) in [6.45, 7) is 4.00. The summed E-state index contributed by atoms with van der Waals surface area (Å²) in [5.74, 6) is -0.281. The van der Waals surface area contributed by atoms with E-state index >= 15 is 0 Å². The van der Waals surface area contributed by atoms with E-state index in [-0.39, 0.29) is 5.91 Å². The van der Waals surface area contributed by atoms with Crippen LogP contribution in [0.4, 0.5) is 16.2 Å². The Kier molecular flexibility index (Phi) is 3.32. The maximum absolute atomic E-state index is 11.4. The van der Waals surface area contributed by atoms with Gasteiger partial charge in [0, 0.05) is 12.2 Å². The number of nitrogens with zero attached hydrogens (tertiary/aromatic N) is 1. The van der Waals surface area contributed by atoms with Gasteiger partial charge < -0.3 is 11.1 Å². The standard InChI is InChI=1S/C13H15N3O2/c1-2-12(17)15-10-6-5-9-4-3-7-16(13(14)18)11(9)8-10/h2,5-6,8H,1,3-4,7H2,(H2,14,18)(H,15,17). The first-order chi connectivity index (χ1) is 8.61. The molecular formula is C13H15N3O2. The number of nitrogens with two attached hydrogens (primary N) is 1. The number of hydrogen-bond donors (Lipinski definition) is 2. The van der Waals surface area contributed by atoms with E-state index in [1.54, 1.807) is 6.07 Å². The quantitative estimate of drug-likeness (QED) is 0.777. The van der Waals surface area contributed by atoms with Crippen LogP contribution in [0.15, 0.2) is 30.9 Å². The molecule has 0 atom stereocenters. The van der Waals surface area contributed by atoms with Gasteiger partial charge in [-0.15, -0.1) is 0 Å². The van der Waals surface area contributed by atoms with Crippen molar-refractivity contribution >= 4 is 23.3 Å². The number of carbonyl (C=O) groups excluding carboxylic acids is 2. The molecule has 0 saturated heterocycles. The molecule has 2 rings (SSSR count). The highest BCUT2D eigenvalue weighted by Gasteiger charge is 2.20. The largest absolute Gasteiger partial charge is 0.351 e. The Morgan fingerprint density at radius 2 is 2.22 bits per heavy atom. The Bertz CT molecular complexity index is 511. The zero-order valence-electron chi connectivity index (χ0n) is 9.98. The summed E-state index contributed by atoms with van der Waals surface area (Å²) in [6, 6.07) is 5.01. The smallest absolute Gasteiger partial charge is 0.319 e. The molecule has 94 valence electrons. The summed E-state index contributed by atoms with van der Waals surface area (Å²) < 4.78 is 0. The number of carbonyl (C=O) groups is 2. The van der Waals surface area contributed by atoms with Crippen molar-refractivity contribution in [2.45, 2.75) is 12.8 Å². The first-order valence-electron chi connectivity index (χ1n) is 5.75. The Morgan fingerprint density at radius 3 is 2.89 bits per heavy atom. The van der Waals surface area contributed by atoms with Gasteiger partial charge in [-0.2, -0.15) is 0 Å². The number of fused-ring (bicyclic) bond motifs is 1. The predicted octanol–water partition coefficient (Wildman–Crippen LogP) is 1.64. The molecule has 1 aliphatic rings. The molecular weight excluding hydrogens is 230 g/mol. The lowest BCUT2D eigenvalue weighted by atomic mass is 10.0. The van der Waals surface area contributed by atoms with Gasteiger partial charge in [0.1, 0.15) is 0 Å². The highest BCUT2D eigenvalue weighted by molar-refractivity contribution is 6.00. The van der Waals surface area contributed by atoms with Gasteiger partial charge in [-0.25, -0.2) is 4.79 Å². The molecule has 1 aliphatic heterocycles. The van der Waals surface area contributed by atoms with Gasteiger partial charge in [0.2, 0.25) is 5.91 Å². The third-order valence-corrected chi connectivity index (χ3v) is 2.92. The summed E-state index contributed by atoms with van der Waals surface area (Å²) in [7, 11) is 0.